The summed E-state index contributed by atoms with van der Waals surface area (Å²) in [6.07, 6.45) is 0. The van der Waals surface area contributed by atoms with E-state index in [-0.39, 0.29) is 169 Å². The van der Waals surface area contributed by atoms with Crippen molar-refractivity contribution in [2.75, 3.05) is 0 Å². The van der Waals surface area contributed by atoms with E-state index in [1.54, 1.807) is 0 Å². The molecule has 11 heavy (non-hydrogen) atoms. The quantitative estimate of drug-likeness (QED) is 0.265. The van der Waals surface area contributed by atoms with Crippen molar-refractivity contribution in [2.45, 2.75) is 0 Å². The summed E-state index contributed by atoms with van der Waals surface area (Å²) in [5, 5.41) is 0. The van der Waals surface area contributed by atoms with Crippen molar-refractivity contribution in [1.82, 2.24) is 0 Å². The minimum atomic E-state index is 0. The minimum absolute atomic E-state index is 0. The maximum Gasteiger partial charge on any atom is 5.00 e. The van der Waals surface area contributed by atoms with Crippen molar-refractivity contribution in [3.05, 3.63) is 0 Å². The number of hydrogen-bond acceptors (Lipinski definition) is 0. The Morgan fingerprint density at radius 1 is 0.364 bits per heavy atom. The molecule has 0 fully saturated rings. The second-order valence-corrected chi connectivity index (χ2v) is 0. The monoisotopic (exact) mass is 1050 g/mol. The van der Waals surface area contributed by atoms with Gasteiger partial charge in [-0.05, 0) is 0 Å². The van der Waals surface area contributed by atoms with Gasteiger partial charge in [0.2, 0.25) is 0 Å². The van der Waals surface area contributed by atoms with Crippen LogP contribution >= 0.6 is 0 Å². The molecule has 0 amide bonds. The van der Waals surface area contributed by atoms with Crippen LogP contribution in [0.25, 0.3) is 0 Å². The van der Waals surface area contributed by atoms with Gasteiger partial charge in [0.25, 0.3) is 0 Å². The van der Waals surface area contributed by atoms with Crippen LogP contribution in [0.2, 0.25) is 0 Å². The van der Waals surface area contributed by atoms with Crippen LogP contribution in [-0.2, 0) is 117 Å². The van der Waals surface area contributed by atoms with Crippen LogP contribution in [0.5, 0.6) is 0 Å². The molecule has 0 saturated carbocycles. The van der Waals surface area contributed by atoms with E-state index in [1.165, 1.54) is 0 Å². The maximum absolute atomic E-state index is 0. The fraction of sp³-hybridized carbons (Fsp3) is 0. The van der Waals surface area contributed by atoms with Crippen LogP contribution in [0.1, 0.15) is 0 Å². The van der Waals surface area contributed by atoms with Crippen molar-refractivity contribution in [2.24, 2.45) is 0 Å². The summed E-state index contributed by atoms with van der Waals surface area (Å²) < 4.78 is 0. The molecule has 0 rings (SSSR count). The van der Waals surface area contributed by atoms with Crippen LogP contribution in [0, 0.1) is 0 Å². The predicted octanol–water partition coefficient (Wildman–Crippen LogP) is -1.37. The molecular formula is Bi2Nb2O5Ta2. The van der Waals surface area contributed by atoms with Crippen molar-refractivity contribution >= 4 is 52.4 Å². The van der Waals surface area contributed by atoms with E-state index in [2.05, 4.69) is 0 Å². The SMILES string of the molecule is [Bi].[Bi].[Nb].[Nb].[O-2].[O-2].[O-2].[O-2].[O-2].[Ta+5].[Ta+5]. The minimum Gasteiger partial charge on any atom is -2.00 e. The first-order chi connectivity index (χ1) is 0. The van der Waals surface area contributed by atoms with E-state index >= 15 is 0 Å². The Morgan fingerprint density at radius 2 is 0.364 bits per heavy atom. The average molecular weight is 1050 g/mol. The first-order valence-corrected chi connectivity index (χ1v) is 0. The third kappa shape index (κ3) is 111. The molecule has 0 spiro atoms. The van der Waals surface area contributed by atoms with E-state index in [0.29, 0.717) is 0 Å². The molecular weight excluding hydrogens is 1050 g/mol. The molecule has 11 heteroatoms. The largest absolute Gasteiger partial charge is 5.00 e. The smallest absolute Gasteiger partial charge is 2.00 e. The van der Waals surface area contributed by atoms with E-state index in [9.17, 15) is 0 Å². The first kappa shape index (κ1) is 160. The second kappa shape index (κ2) is 130. The van der Waals surface area contributed by atoms with Gasteiger partial charge in [-0.15, -0.1) is 0 Å². The summed E-state index contributed by atoms with van der Waals surface area (Å²) in [5.74, 6) is 0. The summed E-state index contributed by atoms with van der Waals surface area (Å²) in [5.41, 5.74) is 0. The van der Waals surface area contributed by atoms with Crippen molar-refractivity contribution in [1.29, 1.82) is 0 Å². The van der Waals surface area contributed by atoms with Crippen LogP contribution in [0.3, 0.4) is 0 Å². The van der Waals surface area contributed by atoms with Crippen molar-refractivity contribution in [3.8, 4) is 0 Å². The number of hydrogen-bond donors (Lipinski definition) is 0. The Hall–Kier alpha value is 4.53. The van der Waals surface area contributed by atoms with E-state index < -0.39 is 0 Å². The number of rotatable bonds is 0. The molecule has 0 aromatic heterocycles. The van der Waals surface area contributed by atoms with Gasteiger partial charge in [-0.25, -0.2) is 0 Å². The molecule has 0 unspecified atom stereocenters. The summed E-state index contributed by atoms with van der Waals surface area (Å²) in [6.45, 7) is 0. The third-order valence-corrected chi connectivity index (χ3v) is 0. The fourth-order valence-corrected chi connectivity index (χ4v) is 0. The van der Waals surface area contributed by atoms with E-state index in [1.807, 2.05) is 0 Å². The summed E-state index contributed by atoms with van der Waals surface area (Å²) in [4.78, 5) is 0. The van der Waals surface area contributed by atoms with Gasteiger partial charge >= 0.3 is 44.8 Å². The third-order valence-electron chi connectivity index (χ3n) is 0. The van der Waals surface area contributed by atoms with Crippen LogP contribution in [-0.4, -0.2) is 52.4 Å². The molecule has 8 radical (unpaired) electrons. The van der Waals surface area contributed by atoms with Crippen molar-refractivity contribution < 1.29 is 117 Å². The molecule has 0 saturated heterocycles. The van der Waals surface area contributed by atoms with Crippen LogP contribution < -0.4 is 0 Å². The zero-order valence-corrected chi connectivity index (χ0v) is 22.5. The Balaban J connectivity index is 0. The Morgan fingerprint density at radius 3 is 0.364 bits per heavy atom. The Labute approximate surface area is 166 Å². The predicted molar refractivity (Wildman–Crippen MR) is 14.9 cm³/mol. The van der Waals surface area contributed by atoms with Gasteiger partial charge in [-0.3, -0.25) is 0 Å². The summed E-state index contributed by atoms with van der Waals surface area (Å²) in [7, 11) is 0. The standard InChI is InChI=1S/2Bi.2Nb.5O.2Ta/q;;;;5*-2;2*+5. The summed E-state index contributed by atoms with van der Waals surface area (Å²) >= 11 is 0. The molecule has 0 aliphatic rings. The van der Waals surface area contributed by atoms with Crippen LogP contribution in [0.15, 0.2) is 0 Å². The second-order valence-electron chi connectivity index (χ2n) is 0. The Bertz CT molecular complexity index is 20.4. The molecule has 0 aliphatic heterocycles. The molecule has 0 aromatic rings. The topological polar surface area (TPSA) is 142 Å². The normalized spacial score (nSPS) is 0. The molecule has 0 aromatic carbocycles. The van der Waals surface area contributed by atoms with Crippen molar-refractivity contribution in [3.63, 3.8) is 0 Å². The van der Waals surface area contributed by atoms with Gasteiger partial charge in [-0.1, -0.05) is 0 Å². The van der Waals surface area contributed by atoms with Crippen LogP contribution in [0.4, 0.5) is 0 Å². The van der Waals surface area contributed by atoms with Gasteiger partial charge in [0.1, 0.15) is 0 Å². The maximum atomic E-state index is 0. The van der Waals surface area contributed by atoms with Gasteiger partial charge in [0.15, 0.2) is 0 Å². The Kier molecular flexibility index (Phi) is 1890. The summed E-state index contributed by atoms with van der Waals surface area (Å²) in [6, 6.07) is 0. The molecule has 0 N–H and O–H groups in total. The molecule has 60 valence electrons. The zero-order valence-electron chi connectivity index (χ0n) is 4.72. The molecule has 0 atom stereocenters. The van der Waals surface area contributed by atoms with E-state index in [0.717, 1.165) is 0 Å². The van der Waals surface area contributed by atoms with Gasteiger partial charge in [0.05, 0.1) is 0 Å². The molecule has 5 nitrogen and oxygen atoms in total. The molecule has 0 heterocycles. The molecule has 0 aliphatic carbocycles. The first-order valence-electron chi connectivity index (χ1n) is 0. The van der Waals surface area contributed by atoms with E-state index in [4.69, 9.17) is 0 Å². The molecule has 0 bridgehead atoms. The van der Waals surface area contributed by atoms with Gasteiger partial charge in [0, 0.05) is 97.2 Å². The average Bonchev–Trinajstić information content (AvgIpc) is 0. The fourth-order valence-electron chi connectivity index (χ4n) is 0. The van der Waals surface area contributed by atoms with Gasteiger partial charge in [-0.2, -0.15) is 0 Å². The van der Waals surface area contributed by atoms with Gasteiger partial charge < -0.3 is 27.4 Å². The zero-order chi connectivity index (χ0) is 0.